The highest BCUT2D eigenvalue weighted by molar-refractivity contribution is 6.23. The molecule has 0 saturated carbocycles. The molecule has 4 rings (SSSR count). The summed E-state index contributed by atoms with van der Waals surface area (Å²) in [6, 6.07) is 22.7. The third-order valence-electron chi connectivity index (χ3n) is 5.60. The third-order valence-corrected chi connectivity index (χ3v) is 5.60. The van der Waals surface area contributed by atoms with Crippen LogP contribution in [0.4, 0.5) is 0 Å². The van der Waals surface area contributed by atoms with Crippen LogP contribution in [0.1, 0.15) is 36.2 Å². The average Bonchev–Trinajstić information content (AvgIpc) is 2.79. The average molecular weight is 428 g/mol. The van der Waals surface area contributed by atoms with Crippen LogP contribution in [0.5, 0.6) is 0 Å². The lowest BCUT2D eigenvalue weighted by atomic mass is 9.87. The molecule has 1 amide bonds. The zero-order valence-electron chi connectivity index (χ0n) is 18.2. The van der Waals surface area contributed by atoms with Crippen molar-refractivity contribution in [2.45, 2.75) is 26.9 Å². The molecule has 5 nitrogen and oxygen atoms in total. The number of rotatable bonds is 7. The Bertz CT molecular complexity index is 1210. The molecule has 3 aromatic carbocycles. The molecular formula is C27H25NO4. The largest absolute Gasteiger partial charge is 0.356 e. The summed E-state index contributed by atoms with van der Waals surface area (Å²) < 4.78 is 5.80. The Kier molecular flexibility index (Phi) is 6.28. The van der Waals surface area contributed by atoms with E-state index in [0.717, 1.165) is 16.3 Å². The molecular weight excluding hydrogens is 402 g/mol. The van der Waals surface area contributed by atoms with Crippen molar-refractivity contribution in [1.82, 2.24) is 4.90 Å². The second-order valence-corrected chi connectivity index (χ2v) is 8.16. The zero-order valence-corrected chi connectivity index (χ0v) is 18.2. The number of fused-ring (bicyclic) bond motifs is 1. The molecule has 0 aliphatic carbocycles. The molecule has 5 heteroatoms. The van der Waals surface area contributed by atoms with Gasteiger partial charge in [0.15, 0.2) is 5.78 Å². The summed E-state index contributed by atoms with van der Waals surface area (Å²) in [4.78, 5) is 40.8. The van der Waals surface area contributed by atoms with Crippen LogP contribution in [-0.4, -0.2) is 29.1 Å². The highest BCUT2D eigenvalue weighted by atomic mass is 16.5. The van der Waals surface area contributed by atoms with Crippen molar-refractivity contribution < 1.29 is 19.1 Å². The van der Waals surface area contributed by atoms with Crippen LogP contribution >= 0.6 is 0 Å². The smallest absolute Gasteiger partial charge is 0.236 e. The van der Waals surface area contributed by atoms with Gasteiger partial charge in [0.1, 0.15) is 12.4 Å². The second kappa shape index (κ2) is 9.28. The number of carbonyl (C=O) groups is 3. The molecule has 32 heavy (non-hydrogen) atoms. The topological polar surface area (TPSA) is 63.7 Å². The van der Waals surface area contributed by atoms with Gasteiger partial charge >= 0.3 is 0 Å². The molecule has 1 aliphatic heterocycles. The normalized spacial score (nSPS) is 14.5. The van der Waals surface area contributed by atoms with Crippen LogP contribution in [-0.2, 0) is 20.9 Å². The fourth-order valence-corrected chi connectivity index (χ4v) is 4.09. The van der Waals surface area contributed by atoms with Crippen molar-refractivity contribution in [2.24, 2.45) is 5.92 Å². The summed E-state index contributed by atoms with van der Waals surface area (Å²) >= 11 is 0. The first-order valence-electron chi connectivity index (χ1n) is 10.7. The van der Waals surface area contributed by atoms with E-state index in [2.05, 4.69) is 0 Å². The van der Waals surface area contributed by atoms with Gasteiger partial charge in [-0.2, -0.15) is 0 Å². The summed E-state index contributed by atoms with van der Waals surface area (Å²) in [5, 5.41) is 1.71. The lowest BCUT2D eigenvalue weighted by Crippen LogP contribution is -2.43. The van der Waals surface area contributed by atoms with Crippen LogP contribution < -0.4 is 0 Å². The van der Waals surface area contributed by atoms with Crippen LogP contribution in [0.3, 0.4) is 0 Å². The molecule has 3 aromatic rings. The van der Waals surface area contributed by atoms with Crippen molar-refractivity contribution in [3.05, 3.63) is 95.2 Å². The number of nitrogens with zero attached hydrogens (tertiary/aromatic N) is 1. The van der Waals surface area contributed by atoms with Crippen LogP contribution in [0.25, 0.3) is 10.8 Å². The Morgan fingerprint density at radius 2 is 1.62 bits per heavy atom. The number of ketones is 2. The Hall–Kier alpha value is -3.57. The molecule has 0 saturated heterocycles. The molecule has 0 aromatic heterocycles. The fourth-order valence-electron chi connectivity index (χ4n) is 4.09. The minimum Gasteiger partial charge on any atom is -0.356 e. The number of allylic oxidation sites excluding steroid dienone is 2. The lowest BCUT2D eigenvalue weighted by molar-refractivity contribution is -0.139. The summed E-state index contributed by atoms with van der Waals surface area (Å²) in [5.41, 5.74) is 1.94. The van der Waals surface area contributed by atoms with Gasteiger partial charge in [0, 0.05) is 11.1 Å². The predicted octanol–water partition coefficient (Wildman–Crippen LogP) is 4.91. The van der Waals surface area contributed by atoms with Crippen LogP contribution in [0.15, 0.2) is 84.1 Å². The standard InChI is InChI=1S/C27H25NO4/c1-18(2)25-23(29)15-24(30)28(17-32-16-19-9-4-3-5-10-19)26(25)27(31)22-14-8-12-20-11-6-7-13-21(20)22/h3-14,18H,15-17H2,1-2H3. The van der Waals surface area contributed by atoms with Gasteiger partial charge in [0.25, 0.3) is 0 Å². The van der Waals surface area contributed by atoms with E-state index in [1.807, 2.05) is 80.6 Å². The molecule has 0 spiro atoms. The number of hydrogen-bond acceptors (Lipinski definition) is 4. The van der Waals surface area contributed by atoms with E-state index in [1.165, 1.54) is 4.90 Å². The molecule has 0 N–H and O–H groups in total. The monoisotopic (exact) mass is 427 g/mol. The van der Waals surface area contributed by atoms with Gasteiger partial charge in [-0.1, -0.05) is 86.6 Å². The molecule has 0 unspecified atom stereocenters. The van der Waals surface area contributed by atoms with E-state index in [1.54, 1.807) is 6.07 Å². The number of benzene rings is 3. The van der Waals surface area contributed by atoms with E-state index in [4.69, 9.17) is 4.74 Å². The van der Waals surface area contributed by atoms with E-state index in [-0.39, 0.29) is 36.3 Å². The number of carbonyl (C=O) groups excluding carboxylic acids is 3. The molecule has 162 valence electrons. The Morgan fingerprint density at radius 3 is 2.38 bits per heavy atom. The van der Waals surface area contributed by atoms with E-state index in [9.17, 15) is 14.4 Å². The second-order valence-electron chi connectivity index (χ2n) is 8.16. The molecule has 1 heterocycles. The van der Waals surface area contributed by atoms with Gasteiger partial charge < -0.3 is 4.74 Å². The minimum absolute atomic E-state index is 0.0942. The summed E-state index contributed by atoms with van der Waals surface area (Å²) in [6.45, 7) is 3.93. The predicted molar refractivity (Wildman–Crippen MR) is 123 cm³/mol. The summed E-state index contributed by atoms with van der Waals surface area (Å²) in [6.07, 6.45) is -0.255. The maximum Gasteiger partial charge on any atom is 0.236 e. The molecule has 0 radical (unpaired) electrons. The van der Waals surface area contributed by atoms with Gasteiger partial charge in [0.05, 0.1) is 13.0 Å². The maximum atomic E-state index is 13.8. The Morgan fingerprint density at radius 1 is 0.938 bits per heavy atom. The van der Waals surface area contributed by atoms with E-state index < -0.39 is 5.91 Å². The first-order valence-corrected chi connectivity index (χ1v) is 10.7. The first kappa shape index (κ1) is 21.7. The molecule has 0 fully saturated rings. The molecule has 0 bridgehead atoms. The van der Waals surface area contributed by atoms with Gasteiger partial charge in [-0.25, -0.2) is 0 Å². The molecule has 1 aliphatic rings. The van der Waals surface area contributed by atoms with Crippen molar-refractivity contribution in [1.29, 1.82) is 0 Å². The number of hydrogen-bond donors (Lipinski definition) is 0. The van der Waals surface area contributed by atoms with Gasteiger partial charge in [-0.3, -0.25) is 19.3 Å². The fraction of sp³-hybridized carbons (Fsp3) is 0.222. The van der Waals surface area contributed by atoms with Crippen molar-refractivity contribution >= 4 is 28.2 Å². The van der Waals surface area contributed by atoms with Crippen molar-refractivity contribution in [2.75, 3.05) is 6.73 Å². The maximum absolute atomic E-state index is 13.8. The van der Waals surface area contributed by atoms with Crippen molar-refractivity contribution in [3.63, 3.8) is 0 Å². The quantitative estimate of drug-likeness (QED) is 0.397. The molecule has 0 atom stereocenters. The minimum atomic E-state index is -0.420. The number of ether oxygens (including phenoxy) is 1. The number of Topliss-reactive ketones (excluding diaryl/α,β-unsaturated/α-hetero) is 2. The van der Waals surface area contributed by atoms with Gasteiger partial charge in [-0.15, -0.1) is 0 Å². The SMILES string of the molecule is CC(C)C1=C(C(=O)c2cccc3ccccc23)N(COCc2ccccc2)C(=O)CC1=O. The summed E-state index contributed by atoms with van der Waals surface area (Å²) in [7, 11) is 0. The zero-order chi connectivity index (χ0) is 22.7. The van der Waals surface area contributed by atoms with Crippen LogP contribution in [0, 0.1) is 5.92 Å². The van der Waals surface area contributed by atoms with Crippen molar-refractivity contribution in [3.8, 4) is 0 Å². The first-order chi connectivity index (χ1) is 15.5. The van der Waals surface area contributed by atoms with Crippen LogP contribution in [0.2, 0.25) is 0 Å². The van der Waals surface area contributed by atoms with E-state index in [0.29, 0.717) is 17.7 Å². The number of amides is 1. The van der Waals surface area contributed by atoms with Gasteiger partial charge in [-0.05, 0) is 22.3 Å². The highest BCUT2D eigenvalue weighted by Gasteiger charge is 2.37. The summed E-state index contributed by atoms with van der Waals surface area (Å²) in [5.74, 6) is -1.26. The Labute approximate surface area is 187 Å². The third kappa shape index (κ3) is 4.25. The lowest BCUT2D eigenvalue weighted by Gasteiger charge is -2.32. The van der Waals surface area contributed by atoms with Gasteiger partial charge in [0.2, 0.25) is 11.7 Å². The van der Waals surface area contributed by atoms with E-state index >= 15 is 0 Å². The highest BCUT2D eigenvalue weighted by Crippen LogP contribution is 2.31. The Balaban J connectivity index is 1.73.